The Morgan fingerprint density at radius 3 is 0.912 bits per heavy atom. The average molecular weight is 1510 g/mol. The van der Waals surface area contributed by atoms with E-state index in [-0.39, 0.29) is 62.9 Å². The Morgan fingerprint density at radius 1 is 0.345 bits per heavy atom. The van der Waals surface area contributed by atoms with Crippen LogP contribution in [0.1, 0.15) is 105 Å². The molecular weight excluding hydrogens is 1410 g/mol. The van der Waals surface area contributed by atoms with Crippen LogP contribution in [-0.4, -0.2) is 91.6 Å². The number of carbonyl (C=O) groups excluding carboxylic acids is 5. The molecule has 4 atom stereocenters. The molecule has 0 fully saturated rings. The van der Waals surface area contributed by atoms with Gasteiger partial charge in [0.25, 0.3) is 0 Å². The zero-order valence-corrected chi connectivity index (χ0v) is 63.1. The number of hydrogen-bond donors (Lipinski definition) is 7. The van der Waals surface area contributed by atoms with E-state index in [0.29, 0.717) is 13.1 Å². The molecule has 0 radical (unpaired) electrons. The van der Waals surface area contributed by atoms with Crippen LogP contribution in [-0.2, 0) is 62.4 Å². The minimum atomic E-state index is -1.20. The van der Waals surface area contributed by atoms with Gasteiger partial charge in [0.1, 0.15) is 42.5 Å². The summed E-state index contributed by atoms with van der Waals surface area (Å²) in [6, 6.07) is 107. The molecule has 0 aromatic heterocycles. The first-order valence-corrected chi connectivity index (χ1v) is 38.0. The summed E-state index contributed by atoms with van der Waals surface area (Å²) in [4.78, 5) is 77.0. The standard InChI is InChI=1S/C48H45N3O5.C38H33NO5.C10H14N2O/c1-34(45(52)49-32-35-18-6-2-7-19-35)50-46(53)44(51-47(54)55-33-43-41-28-16-14-26-39(41)40-27-15-17-29-42(40)43)30-31-56-48(36-20-8-3-9-21-36,37-22-10-4-11-23-37)38-24-12-5-13-25-38;40-36(41)35(39-37(42)43-26-34-32-22-12-10-20-30(32)31-21-11-13-23-33(31)34)24-25-44-38(27-14-4-1-5-15-27,28-16-6-2-7-17-28)29-18-8-3-9-19-29;1-8(11)10(13)12-7-9-5-3-2-4-6-9/h2-29,34,43-44H,30-33H2,1H3,(H,49,52)(H,50,53)(H,51,54);1-23,34-35H,24-26H2,(H,39,42)(H,40,41);2-6,8H,7,11H2,1H3,(H,12,13). The summed E-state index contributed by atoms with van der Waals surface area (Å²) in [7, 11) is 0. The Morgan fingerprint density at radius 2 is 0.611 bits per heavy atom. The molecule has 113 heavy (non-hydrogen) atoms. The van der Waals surface area contributed by atoms with Gasteiger partial charge in [0.15, 0.2) is 0 Å². The number of aliphatic carboxylic acids is 1. The quantitative estimate of drug-likeness (QED) is 0.0216. The maximum atomic E-state index is 14.0. The van der Waals surface area contributed by atoms with Crippen molar-refractivity contribution in [3.05, 3.63) is 406 Å². The molecule has 0 heterocycles. The smallest absolute Gasteiger partial charge is 0.407 e. The lowest BCUT2D eigenvalue weighted by Crippen LogP contribution is -2.53. The second-order valence-electron chi connectivity index (χ2n) is 27.6. The summed E-state index contributed by atoms with van der Waals surface area (Å²) in [5, 5.41) is 23.8. The van der Waals surface area contributed by atoms with Crippen molar-refractivity contribution in [2.24, 2.45) is 5.73 Å². The van der Waals surface area contributed by atoms with E-state index in [1.165, 1.54) is 0 Å². The Bertz CT molecular complexity index is 4800. The molecule has 0 spiro atoms. The highest BCUT2D eigenvalue weighted by atomic mass is 16.6. The maximum absolute atomic E-state index is 14.0. The van der Waals surface area contributed by atoms with Crippen LogP contribution in [0.15, 0.2) is 340 Å². The number of benzene rings is 12. The van der Waals surface area contributed by atoms with Gasteiger partial charge in [0, 0.05) is 37.8 Å². The van der Waals surface area contributed by atoms with Crippen LogP contribution < -0.4 is 32.3 Å². The second-order valence-corrected chi connectivity index (χ2v) is 27.6. The summed E-state index contributed by atoms with van der Waals surface area (Å²) in [5.74, 6) is -2.44. The minimum Gasteiger partial charge on any atom is -0.480 e. The second kappa shape index (κ2) is 39.0. The zero-order valence-electron chi connectivity index (χ0n) is 63.1. The maximum Gasteiger partial charge on any atom is 0.407 e. The van der Waals surface area contributed by atoms with Crippen LogP contribution in [0.4, 0.5) is 9.59 Å². The van der Waals surface area contributed by atoms with Crippen molar-refractivity contribution >= 4 is 35.9 Å². The van der Waals surface area contributed by atoms with Gasteiger partial charge in [0.05, 0.1) is 19.3 Å². The molecule has 5 amide bonds. The fourth-order valence-electron chi connectivity index (χ4n) is 14.6. The predicted octanol–water partition coefficient (Wildman–Crippen LogP) is 16.1. The first kappa shape index (κ1) is 79.5. The predicted molar refractivity (Wildman–Crippen MR) is 439 cm³/mol. The Balaban J connectivity index is 0.000000184. The van der Waals surface area contributed by atoms with Crippen molar-refractivity contribution in [3.8, 4) is 22.3 Å². The molecule has 0 aliphatic heterocycles. The van der Waals surface area contributed by atoms with Crippen molar-refractivity contribution in [2.45, 2.75) is 87.0 Å². The van der Waals surface area contributed by atoms with Crippen LogP contribution in [0.2, 0.25) is 0 Å². The van der Waals surface area contributed by atoms with E-state index in [4.69, 9.17) is 24.7 Å². The summed E-state index contributed by atoms with van der Waals surface area (Å²) >= 11 is 0. The Labute approximate surface area is 659 Å². The number of carbonyl (C=O) groups is 6. The van der Waals surface area contributed by atoms with Gasteiger partial charge in [-0.25, -0.2) is 14.4 Å². The monoisotopic (exact) mass is 1500 g/mol. The summed E-state index contributed by atoms with van der Waals surface area (Å²) in [6.07, 6.45) is -1.40. The molecule has 0 saturated heterocycles. The lowest BCUT2D eigenvalue weighted by Gasteiger charge is -2.36. The number of fused-ring (bicyclic) bond motifs is 6. The Kier molecular flexibility index (Phi) is 27.5. The molecule has 12 aromatic carbocycles. The zero-order chi connectivity index (χ0) is 78.8. The molecule has 8 N–H and O–H groups in total. The number of alkyl carbamates (subject to hydrolysis) is 2. The molecular formula is C96H92N6O11. The van der Waals surface area contributed by atoms with Crippen LogP contribution >= 0.6 is 0 Å². The molecule has 17 heteroatoms. The molecule has 4 unspecified atom stereocenters. The van der Waals surface area contributed by atoms with Gasteiger partial charge in [0.2, 0.25) is 17.7 Å². The Hall–Kier alpha value is -13.1. The third-order valence-corrected chi connectivity index (χ3v) is 20.2. The first-order valence-electron chi connectivity index (χ1n) is 38.0. The van der Waals surface area contributed by atoms with Gasteiger partial charge >= 0.3 is 18.2 Å². The number of carboxylic acid groups (broad SMARTS) is 1. The molecule has 0 saturated carbocycles. The van der Waals surface area contributed by atoms with Gasteiger partial charge in [-0.05, 0) is 103 Å². The van der Waals surface area contributed by atoms with E-state index >= 15 is 0 Å². The minimum absolute atomic E-state index is 0.0355. The molecule has 14 rings (SSSR count). The fourth-order valence-corrected chi connectivity index (χ4v) is 14.6. The van der Waals surface area contributed by atoms with Crippen molar-refractivity contribution in [1.82, 2.24) is 26.6 Å². The van der Waals surface area contributed by atoms with E-state index in [9.17, 15) is 33.9 Å². The van der Waals surface area contributed by atoms with Crippen molar-refractivity contribution in [1.29, 1.82) is 0 Å². The van der Waals surface area contributed by atoms with Crippen molar-refractivity contribution < 1.29 is 52.8 Å². The number of carboxylic acids is 1. The number of hydrogen-bond acceptors (Lipinski definition) is 11. The average Bonchev–Trinajstić information content (AvgIpc) is 1.67. The SMILES string of the molecule is CC(N)C(=O)NCc1ccccc1.CC(NC(=O)C(CCOC(c1ccccc1)(c1ccccc1)c1ccccc1)NC(=O)OCC1c2ccccc2-c2ccccc21)C(=O)NCc1ccccc1.O=C(NC(CCOC(c1ccccc1)(c1ccccc1)c1ccccc1)C(=O)O)OCC1c2ccccc2-c2ccccc21. The third-order valence-electron chi connectivity index (χ3n) is 20.2. The highest BCUT2D eigenvalue weighted by Crippen LogP contribution is 2.47. The highest BCUT2D eigenvalue weighted by molar-refractivity contribution is 5.91. The van der Waals surface area contributed by atoms with Crippen molar-refractivity contribution in [3.63, 3.8) is 0 Å². The molecule has 2 aliphatic rings. The van der Waals surface area contributed by atoms with E-state index < -0.39 is 59.4 Å². The van der Waals surface area contributed by atoms with E-state index in [1.807, 2.05) is 303 Å². The number of amides is 5. The lowest BCUT2D eigenvalue weighted by molar-refractivity contribution is -0.140. The van der Waals surface area contributed by atoms with Gasteiger partial charge in [-0.2, -0.15) is 0 Å². The molecule has 2 aliphatic carbocycles. The summed E-state index contributed by atoms with van der Waals surface area (Å²) in [5.41, 5.74) is 19.7. The van der Waals surface area contributed by atoms with Gasteiger partial charge in [-0.1, -0.05) is 340 Å². The topological polar surface area (TPSA) is 246 Å². The largest absolute Gasteiger partial charge is 0.480 e. The number of rotatable bonds is 29. The van der Waals surface area contributed by atoms with Gasteiger partial charge < -0.3 is 56.4 Å². The first-order chi connectivity index (χ1) is 55.2. The number of ether oxygens (including phenoxy) is 4. The molecule has 572 valence electrons. The van der Waals surface area contributed by atoms with Gasteiger partial charge in [-0.3, -0.25) is 14.4 Å². The van der Waals surface area contributed by atoms with Crippen molar-refractivity contribution in [2.75, 3.05) is 26.4 Å². The molecule has 12 aromatic rings. The van der Waals surface area contributed by atoms with E-state index in [2.05, 4.69) is 63.0 Å². The fraction of sp³-hybridized carbons (Fsp3) is 0.188. The van der Waals surface area contributed by atoms with Crippen LogP contribution in [0.5, 0.6) is 0 Å². The highest BCUT2D eigenvalue weighted by Gasteiger charge is 2.41. The lowest BCUT2D eigenvalue weighted by atomic mass is 9.80. The van der Waals surface area contributed by atoms with Crippen LogP contribution in [0.25, 0.3) is 22.3 Å². The number of nitrogens with one attached hydrogen (secondary N) is 5. The van der Waals surface area contributed by atoms with Crippen LogP contribution in [0, 0.1) is 0 Å². The van der Waals surface area contributed by atoms with Gasteiger partial charge in [-0.15, -0.1) is 0 Å². The third kappa shape index (κ3) is 19.8. The van der Waals surface area contributed by atoms with E-state index in [0.717, 1.165) is 89.0 Å². The summed E-state index contributed by atoms with van der Waals surface area (Å²) < 4.78 is 25.2. The van der Waals surface area contributed by atoms with Crippen LogP contribution in [0.3, 0.4) is 0 Å². The summed E-state index contributed by atoms with van der Waals surface area (Å²) in [6.45, 7) is 4.44. The van der Waals surface area contributed by atoms with E-state index in [1.54, 1.807) is 13.8 Å². The normalized spacial score (nSPS) is 12.9. The number of nitrogens with two attached hydrogens (primary N) is 1. The molecule has 0 bridgehead atoms. The molecule has 17 nitrogen and oxygen atoms in total.